The highest BCUT2D eigenvalue weighted by molar-refractivity contribution is 6.17. The van der Waals surface area contributed by atoms with Crippen molar-refractivity contribution in [2.45, 2.75) is 25.7 Å². The molecule has 0 aliphatic carbocycles. The Morgan fingerprint density at radius 3 is 2.50 bits per heavy atom. The minimum atomic E-state index is -0.292. The summed E-state index contributed by atoms with van der Waals surface area (Å²) in [6, 6.07) is 7.56. The van der Waals surface area contributed by atoms with Crippen LogP contribution in [0.25, 0.3) is 0 Å². The van der Waals surface area contributed by atoms with Gasteiger partial charge in [-0.15, -0.1) is 11.6 Å². The van der Waals surface area contributed by atoms with Gasteiger partial charge in [0.2, 0.25) is 0 Å². The number of esters is 1. The van der Waals surface area contributed by atoms with Crippen molar-refractivity contribution in [1.82, 2.24) is 0 Å². The monoisotopic (exact) mass is 240 g/mol. The Bertz CT molecular complexity index is 332. The highest BCUT2D eigenvalue weighted by Gasteiger charge is 2.08. The topological polar surface area (TPSA) is 26.3 Å². The summed E-state index contributed by atoms with van der Waals surface area (Å²) in [5.74, 6) is 0.885. The fraction of sp³-hybridized carbons (Fsp3) is 0.462. The maximum atomic E-state index is 11.2. The molecule has 1 atom stereocenters. The van der Waals surface area contributed by atoms with Crippen LogP contribution in [0.3, 0.4) is 0 Å². The summed E-state index contributed by atoms with van der Waals surface area (Å²) in [7, 11) is 1.39. The number of rotatable bonds is 5. The van der Waals surface area contributed by atoms with E-state index in [4.69, 9.17) is 11.6 Å². The molecule has 0 radical (unpaired) electrons. The molecule has 88 valence electrons. The molecule has 0 saturated heterocycles. The molecule has 0 heterocycles. The van der Waals surface area contributed by atoms with Gasteiger partial charge in [-0.05, 0) is 36.5 Å². The molecule has 1 aromatic carbocycles. The van der Waals surface area contributed by atoms with Crippen molar-refractivity contribution < 1.29 is 9.53 Å². The molecule has 2 nitrogen and oxygen atoms in total. The maximum absolute atomic E-state index is 11.2. The van der Waals surface area contributed by atoms with Gasteiger partial charge in [-0.25, -0.2) is 4.79 Å². The predicted molar refractivity (Wildman–Crippen MR) is 66.2 cm³/mol. The van der Waals surface area contributed by atoms with E-state index in [0.29, 0.717) is 17.4 Å². The summed E-state index contributed by atoms with van der Waals surface area (Å²) in [4.78, 5) is 11.2. The Kier molecular flexibility index (Phi) is 5.33. The van der Waals surface area contributed by atoms with E-state index in [9.17, 15) is 4.79 Å². The normalized spacial score (nSPS) is 12.2. The number of hydrogen-bond acceptors (Lipinski definition) is 2. The number of carbonyl (C=O) groups is 1. The molecule has 0 aliphatic rings. The lowest BCUT2D eigenvalue weighted by Crippen LogP contribution is -2.01. The van der Waals surface area contributed by atoms with E-state index in [-0.39, 0.29) is 5.97 Å². The first-order valence-corrected chi connectivity index (χ1v) is 5.96. The summed E-state index contributed by atoms with van der Waals surface area (Å²) >= 11 is 5.66. The van der Waals surface area contributed by atoms with Crippen LogP contribution in [0.4, 0.5) is 0 Å². The molecular weight excluding hydrogens is 224 g/mol. The fourth-order valence-electron chi connectivity index (χ4n) is 1.62. The third kappa shape index (κ3) is 3.53. The van der Waals surface area contributed by atoms with Gasteiger partial charge < -0.3 is 4.74 Å². The van der Waals surface area contributed by atoms with Crippen molar-refractivity contribution in [2.24, 2.45) is 0 Å². The fourth-order valence-corrected chi connectivity index (χ4v) is 1.77. The van der Waals surface area contributed by atoms with Crippen molar-refractivity contribution in [1.29, 1.82) is 0 Å². The molecule has 1 aromatic rings. The van der Waals surface area contributed by atoms with Gasteiger partial charge in [-0.2, -0.15) is 0 Å². The minimum Gasteiger partial charge on any atom is -0.465 e. The average Bonchev–Trinajstić information content (AvgIpc) is 2.35. The lowest BCUT2D eigenvalue weighted by atomic mass is 9.96. The summed E-state index contributed by atoms with van der Waals surface area (Å²) in [5, 5.41) is 0. The zero-order valence-corrected chi connectivity index (χ0v) is 10.5. The molecule has 1 rings (SSSR count). The van der Waals surface area contributed by atoms with Gasteiger partial charge in [-0.3, -0.25) is 0 Å². The summed E-state index contributed by atoms with van der Waals surface area (Å²) in [6.45, 7) is 2.17. The van der Waals surface area contributed by atoms with E-state index in [1.165, 1.54) is 12.7 Å². The quantitative estimate of drug-likeness (QED) is 0.581. The molecule has 0 amide bonds. The standard InChI is InChI=1S/C13H17ClO2/c1-10(4-3-9-14)11-5-7-12(8-6-11)13(15)16-2/h5-8,10H,3-4,9H2,1-2H3. The molecule has 0 spiro atoms. The Balaban J connectivity index is 2.67. The highest BCUT2D eigenvalue weighted by Crippen LogP contribution is 2.21. The number of methoxy groups -OCH3 is 1. The number of halogens is 1. The Morgan fingerprint density at radius 1 is 1.38 bits per heavy atom. The summed E-state index contributed by atoms with van der Waals surface area (Å²) in [6.07, 6.45) is 2.09. The van der Waals surface area contributed by atoms with E-state index < -0.39 is 0 Å². The number of ether oxygens (including phenoxy) is 1. The first kappa shape index (κ1) is 13.0. The lowest BCUT2D eigenvalue weighted by Gasteiger charge is -2.11. The predicted octanol–water partition coefficient (Wildman–Crippen LogP) is 3.60. The zero-order valence-electron chi connectivity index (χ0n) is 9.70. The second-order valence-electron chi connectivity index (χ2n) is 3.85. The minimum absolute atomic E-state index is 0.292. The van der Waals surface area contributed by atoms with E-state index in [1.807, 2.05) is 12.1 Å². The third-order valence-corrected chi connectivity index (χ3v) is 2.94. The highest BCUT2D eigenvalue weighted by atomic mass is 35.5. The number of benzene rings is 1. The molecule has 0 saturated carbocycles. The van der Waals surface area contributed by atoms with E-state index in [2.05, 4.69) is 11.7 Å². The zero-order chi connectivity index (χ0) is 12.0. The van der Waals surface area contributed by atoms with Crippen LogP contribution in [-0.2, 0) is 4.74 Å². The smallest absolute Gasteiger partial charge is 0.337 e. The molecule has 0 fully saturated rings. The Hall–Kier alpha value is -1.02. The van der Waals surface area contributed by atoms with Crippen LogP contribution < -0.4 is 0 Å². The van der Waals surface area contributed by atoms with Crippen molar-refractivity contribution in [2.75, 3.05) is 13.0 Å². The molecule has 0 aromatic heterocycles. The van der Waals surface area contributed by atoms with Gasteiger partial charge in [0, 0.05) is 5.88 Å². The number of carbonyl (C=O) groups excluding carboxylic acids is 1. The molecule has 16 heavy (non-hydrogen) atoms. The molecule has 3 heteroatoms. The molecule has 0 N–H and O–H groups in total. The molecule has 0 bridgehead atoms. The second kappa shape index (κ2) is 6.54. The van der Waals surface area contributed by atoms with Crippen LogP contribution >= 0.6 is 11.6 Å². The molecule has 1 unspecified atom stereocenters. The van der Waals surface area contributed by atoms with Crippen LogP contribution in [0.5, 0.6) is 0 Å². The largest absolute Gasteiger partial charge is 0.465 e. The SMILES string of the molecule is COC(=O)c1ccc(C(C)CCCCl)cc1. The van der Waals surface area contributed by atoms with Crippen LogP contribution in [-0.4, -0.2) is 19.0 Å². The van der Waals surface area contributed by atoms with E-state index >= 15 is 0 Å². The third-order valence-electron chi connectivity index (χ3n) is 2.67. The first-order chi connectivity index (χ1) is 7.69. The second-order valence-corrected chi connectivity index (χ2v) is 4.22. The Morgan fingerprint density at radius 2 is 2.00 bits per heavy atom. The van der Waals surface area contributed by atoms with Gasteiger partial charge in [0.15, 0.2) is 0 Å². The van der Waals surface area contributed by atoms with Crippen molar-refractivity contribution in [3.63, 3.8) is 0 Å². The van der Waals surface area contributed by atoms with Crippen LogP contribution in [0.2, 0.25) is 0 Å². The van der Waals surface area contributed by atoms with Crippen LogP contribution in [0, 0.1) is 0 Å². The first-order valence-electron chi connectivity index (χ1n) is 5.43. The van der Waals surface area contributed by atoms with Gasteiger partial charge >= 0.3 is 5.97 Å². The number of alkyl halides is 1. The molecular formula is C13H17ClO2. The van der Waals surface area contributed by atoms with Crippen molar-refractivity contribution >= 4 is 17.6 Å². The van der Waals surface area contributed by atoms with E-state index in [1.54, 1.807) is 12.1 Å². The summed E-state index contributed by atoms with van der Waals surface area (Å²) < 4.78 is 4.65. The van der Waals surface area contributed by atoms with E-state index in [0.717, 1.165) is 12.8 Å². The van der Waals surface area contributed by atoms with Crippen LogP contribution in [0.15, 0.2) is 24.3 Å². The lowest BCUT2D eigenvalue weighted by molar-refractivity contribution is 0.0600. The van der Waals surface area contributed by atoms with Crippen LogP contribution in [0.1, 0.15) is 41.6 Å². The Labute approximate surface area is 102 Å². The molecule has 0 aliphatic heterocycles. The van der Waals surface area contributed by atoms with Gasteiger partial charge in [0.1, 0.15) is 0 Å². The van der Waals surface area contributed by atoms with Gasteiger partial charge in [0.25, 0.3) is 0 Å². The average molecular weight is 241 g/mol. The van der Waals surface area contributed by atoms with Crippen molar-refractivity contribution in [3.8, 4) is 0 Å². The van der Waals surface area contributed by atoms with Crippen molar-refractivity contribution in [3.05, 3.63) is 35.4 Å². The maximum Gasteiger partial charge on any atom is 0.337 e. The number of hydrogen-bond donors (Lipinski definition) is 0. The van der Waals surface area contributed by atoms with Gasteiger partial charge in [0.05, 0.1) is 12.7 Å². The summed E-state index contributed by atoms with van der Waals surface area (Å²) in [5.41, 5.74) is 1.83. The van der Waals surface area contributed by atoms with Gasteiger partial charge in [-0.1, -0.05) is 19.1 Å².